The number of benzene rings is 1. The highest BCUT2D eigenvalue weighted by atomic mass is 35.5. The summed E-state index contributed by atoms with van der Waals surface area (Å²) in [5.74, 6) is 0.0997. The van der Waals surface area contributed by atoms with Crippen LogP contribution in [-0.4, -0.2) is 30.4 Å². The molecule has 0 aliphatic heterocycles. The highest BCUT2D eigenvalue weighted by Crippen LogP contribution is 2.31. The van der Waals surface area contributed by atoms with E-state index >= 15 is 0 Å². The molecule has 2 saturated carbocycles. The molecule has 0 radical (unpaired) electrons. The molecular weight excluding hydrogens is 338 g/mol. The number of nitrogens with two attached hydrogens (primary N) is 1. The lowest BCUT2D eigenvalue weighted by molar-refractivity contribution is -0.131. The van der Waals surface area contributed by atoms with Gasteiger partial charge >= 0.3 is 0 Å². The molecule has 1 aromatic carbocycles. The molecule has 0 saturated heterocycles. The lowest BCUT2D eigenvalue weighted by atomic mass is 9.94. The summed E-state index contributed by atoms with van der Waals surface area (Å²) in [5.41, 5.74) is 6.84. The van der Waals surface area contributed by atoms with Crippen molar-refractivity contribution in [1.29, 1.82) is 0 Å². The van der Waals surface area contributed by atoms with E-state index in [-0.39, 0.29) is 42.1 Å². The summed E-state index contributed by atoms with van der Waals surface area (Å²) in [6.07, 6.45) is 5.51. The molecule has 1 aromatic rings. The lowest BCUT2D eigenvalue weighted by Crippen LogP contribution is -2.50. The number of hydrogen-bond acceptors (Lipinski definition) is 3. The Morgan fingerprint density at radius 2 is 1.84 bits per heavy atom. The second kappa shape index (κ2) is 9.20. The topological polar surface area (TPSA) is 84.2 Å². The summed E-state index contributed by atoms with van der Waals surface area (Å²) in [6, 6.07) is 9.61. The van der Waals surface area contributed by atoms with Crippen molar-refractivity contribution in [2.75, 3.05) is 6.54 Å². The summed E-state index contributed by atoms with van der Waals surface area (Å²) >= 11 is 0. The van der Waals surface area contributed by atoms with E-state index in [0.29, 0.717) is 13.0 Å². The molecule has 3 rings (SSSR count). The van der Waals surface area contributed by atoms with Gasteiger partial charge in [-0.2, -0.15) is 0 Å². The summed E-state index contributed by atoms with van der Waals surface area (Å²) in [5, 5.41) is 6.02. The van der Waals surface area contributed by atoms with Crippen LogP contribution in [0.4, 0.5) is 0 Å². The van der Waals surface area contributed by atoms with Crippen LogP contribution in [0.15, 0.2) is 30.3 Å². The number of carbonyl (C=O) groups is 2. The average Bonchev–Trinajstić information content (AvgIpc) is 3.27. The predicted molar refractivity (Wildman–Crippen MR) is 100 cm³/mol. The molecule has 1 unspecified atom stereocenters. The Morgan fingerprint density at radius 3 is 2.48 bits per heavy atom. The van der Waals surface area contributed by atoms with Gasteiger partial charge in [0.25, 0.3) is 0 Å². The summed E-state index contributed by atoms with van der Waals surface area (Å²) in [4.78, 5) is 25.2. The Hall–Kier alpha value is -1.59. The van der Waals surface area contributed by atoms with Gasteiger partial charge in [0, 0.05) is 18.4 Å². The number of amides is 2. The van der Waals surface area contributed by atoms with E-state index in [9.17, 15) is 9.59 Å². The predicted octanol–water partition coefficient (Wildman–Crippen LogP) is 1.79. The molecule has 2 aliphatic carbocycles. The fourth-order valence-corrected chi connectivity index (χ4v) is 3.53. The van der Waals surface area contributed by atoms with Crippen LogP contribution < -0.4 is 16.4 Å². The van der Waals surface area contributed by atoms with Gasteiger partial charge in [0.1, 0.15) is 6.04 Å². The lowest BCUT2D eigenvalue weighted by Gasteiger charge is -2.23. The monoisotopic (exact) mass is 365 g/mol. The SMILES string of the molecule is Cl.NC[C@H]1CCC[C@H]1C(=O)NC(Cc1ccccc1)C(=O)NC1CC1. The molecule has 25 heavy (non-hydrogen) atoms. The van der Waals surface area contributed by atoms with Crippen LogP contribution >= 0.6 is 12.4 Å². The van der Waals surface area contributed by atoms with Crippen molar-refractivity contribution >= 4 is 24.2 Å². The number of rotatable bonds is 7. The Kier molecular flexibility index (Phi) is 7.26. The van der Waals surface area contributed by atoms with Crippen molar-refractivity contribution in [2.24, 2.45) is 17.6 Å². The molecule has 2 fully saturated rings. The number of halogens is 1. The minimum Gasteiger partial charge on any atom is -0.352 e. The minimum absolute atomic E-state index is 0. The largest absolute Gasteiger partial charge is 0.352 e. The molecule has 0 bridgehead atoms. The van der Waals surface area contributed by atoms with E-state index in [1.54, 1.807) is 0 Å². The van der Waals surface area contributed by atoms with Gasteiger partial charge in [-0.3, -0.25) is 9.59 Å². The fourth-order valence-electron chi connectivity index (χ4n) is 3.53. The smallest absolute Gasteiger partial charge is 0.243 e. The first-order chi connectivity index (χ1) is 11.7. The van der Waals surface area contributed by atoms with Crippen LogP contribution in [0.3, 0.4) is 0 Å². The zero-order valence-corrected chi connectivity index (χ0v) is 15.3. The van der Waals surface area contributed by atoms with Crippen molar-refractivity contribution in [3.63, 3.8) is 0 Å². The summed E-state index contributed by atoms with van der Waals surface area (Å²) in [7, 11) is 0. The van der Waals surface area contributed by atoms with E-state index in [2.05, 4.69) is 10.6 Å². The standard InChI is InChI=1S/C19H27N3O2.ClH/c20-12-14-7-4-8-16(14)18(23)22-17(19(24)21-15-9-10-15)11-13-5-2-1-3-6-13;/h1-3,5-6,14-17H,4,7-12,20H2,(H,21,24)(H,22,23);1H/t14-,16-,17?;/m1./s1. The zero-order valence-electron chi connectivity index (χ0n) is 14.4. The molecule has 6 heteroatoms. The minimum atomic E-state index is -0.514. The molecule has 3 atom stereocenters. The Bertz CT molecular complexity index is 577. The number of hydrogen-bond donors (Lipinski definition) is 3. The van der Waals surface area contributed by atoms with Crippen molar-refractivity contribution in [3.8, 4) is 0 Å². The van der Waals surface area contributed by atoms with Gasteiger partial charge in [-0.15, -0.1) is 12.4 Å². The second-order valence-electron chi connectivity index (χ2n) is 7.07. The average molecular weight is 366 g/mol. The van der Waals surface area contributed by atoms with Crippen LogP contribution in [0.25, 0.3) is 0 Å². The van der Waals surface area contributed by atoms with Gasteiger partial charge in [0.05, 0.1) is 0 Å². The van der Waals surface area contributed by atoms with Crippen LogP contribution in [0, 0.1) is 11.8 Å². The van der Waals surface area contributed by atoms with Crippen molar-refractivity contribution in [3.05, 3.63) is 35.9 Å². The zero-order chi connectivity index (χ0) is 16.9. The molecular formula is C19H28ClN3O2. The van der Waals surface area contributed by atoms with Gasteiger partial charge < -0.3 is 16.4 Å². The number of carbonyl (C=O) groups excluding carboxylic acids is 2. The molecule has 2 aliphatic rings. The molecule has 5 nitrogen and oxygen atoms in total. The summed E-state index contributed by atoms with van der Waals surface area (Å²) < 4.78 is 0. The highest BCUT2D eigenvalue weighted by Gasteiger charge is 2.35. The van der Waals surface area contributed by atoms with Gasteiger partial charge in [0.15, 0.2) is 0 Å². The van der Waals surface area contributed by atoms with E-state index < -0.39 is 6.04 Å². The van der Waals surface area contributed by atoms with Crippen LogP contribution in [0.5, 0.6) is 0 Å². The van der Waals surface area contributed by atoms with E-state index in [0.717, 1.165) is 37.7 Å². The summed E-state index contributed by atoms with van der Waals surface area (Å²) in [6.45, 7) is 0.537. The van der Waals surface area contributed by atoms with Gasteiger partial charge in [-0.05, 0) is 43.7 Å². The van der Waals surface area contributed by atoms with Gasteiger partial charge in [0.2, 0.25) is 11.8 Å². The quantitative estimate of drug-likeness (QED) is 0.688. The third-order valence-corrected chi connectivity index (χ3v) is 5.14. The molecule has 4 N–H and O–H groups in total. The van der Waals surface area contributed by atoms with Crippen LogP contribution in [0.2, 0.25) is 0 Å². The first-order valence-corrected chi connectivity index (χ1v) is 9.02. The van der Waals surface area contributed by atoms with Gasteiger partial charge in [-0.1, -0.05) is 36.8 Å². The Balaban J connectivity index is 0.00000225. The maximum absolute atomic E-state index is 12.7. The first-order valence-electron chi connectivity index (χ1n) is 9.02. The third-order valence-electron chi connectivity index (χ3n) is 5.14. The van der Waals surface area contributed by atoms with Crippen molar-refractivity contribution in [1.82, 2.24) is 10.6 Å². The molecule has 0 aromatic heterocycles. The first kappa shape index (κ1) is 19.7. The van der Waals surface area contributed by atoms with E-state index in [4.69, 9.17) is 5.73 Å². The van der Waals surface area contributed by atoms with Crippen LogP contribution in [-0.2, 0) is 16.0 Å². The van der Waals surface area contributed by atoms with E-state index in [1.807, 2.05) is 30.3 Å². The Labute approximate surface area is 155 Å². The van der Waals surface area contributed by atoms with Gasteiger partial charge in [-0.25, -0.2) is 0 Å². The Morgan fingerprint density at radius 1 is 1.12 bits per heavy atom. The van der Waals surface area contributed by atoms with E-state index in [1.165, 1.54) is 0 Å². The maximum Gasteiger partial charge on any atom is 0.243 e. The molecule has 0 spiro atoms. The number of nitrogens with one attached hydrogen (secondary N) is 2. The molecule has 2 amide bonds. The third kappa shape index (κ3) is 5.44. The normalized spacial score (nSPS) is 23.4. The van der Waals surface area contributed by atoms with Crippen molar-refractivity contribution in [2.45, 2.75) is 50.6 Å². The maximum atomic E-state index is 12.7. The van der Waals surface area contributed by atoms with Crippen molar-refractivity contribution < 1.29 is 9.59 Å². The molecule has 0 heterocycles. The second-order valence-corrected chi connectivity index (χ2v) is 7.07. The van der Waals surface area contributed by atoms with Crippen LogP contribution in [0.1, 0.15) is 37.7 Å². The fraction of sp³-hybridized carbons (Fsp3) is 0.579. The highest BCUT2D eigenvalue weighted by molar-refractivity contribution is 5.89. The molecule has 138 valence electrons.